The third-order valence-corrected chi connectivity index (χ3v) is 5.38. The number of hydrogen-bond donors (Lipinski definition) is 3. The van der Waals surface area contributed by atoms with Crippen LogP contribution in [0, 0.1) is 16.6 Å². The molecule has 156 valence electrons. The van der Waals surface area contributed by atoms with Gasteiger partial charge in [0.1, 0.15) is 17.3 Å². The van der Waals surface area contributed by atoms with Gasteiger partial charge in [0.05, 0.1) is 17.5 Å². The molecule has 10 heteroatoms. The first-order valence-corrected chi connectivity index (χ1v) is 9.08. The van der Waals surface area contributed by atoms with Gasteiger partial charge in [-0.05, 0) is 36.9 Å². The Bertz CT molecular complexity index is 919. The van der Waals surface area contributed by atoms with Crippen molar-refractivity contribution >= 4 is 17.3 Å². The molecule has 1 aliphatic heterocycles. The van der Waals surface area contributed by atoms with E-state index in [-0.39, 0.29) is 16.9 Å². The lowest BCUT2D eigenvalue weighted by molar-refractivity contribution is -0.140. The number of piperidine rings is 1. The van der Waals surface area contributed by atoms with Gasteiger partial charge in [-0.15, -0.1) is 0 Å². The molecule has 2 aromatic rings. The summed E-state index contributed by atoms with van der Waals surface area (Å²) in [6.45, 7) is 4.13. The summed E-state index contributed by atoms with van der Waals surface area (Å²) in [7, 11) is 0. The van der Waals surface area contributed by atoms with Crippen molar-refractivity contribution in [1.82, 2.24) is 9.97 Å². The van der Waals surface area contributed by atoms with Crippen LogP contribution in [0.4, 0.5) is 29.2 Å². The molecular weight excluding hydrogens is 388 g/mol. The molecule has 0 unspecified atom stereocenters. The molecule has 0 saturated carbocycles. The lowest BCUT2D eigenvalue weighted by atomic mass is 9.80. The molecule has 6 nitrogen and oxygen atoms in total. The first-order valence-electron chi connectivity index (χ1n) is 9.08. The lowest BCUT2D eigenvalue weighted by Crippen LogP contribution is -2.42. The van der Waals surface area contributed by atoms with Crippen LogP contribution in [-0.4, -0.2) is 35.3 Å². The van der Waals surface area contributed by atoms with Crippen LogP contribution in [0.25, 0.3) is 0 Å². The fraction of sp³-hybridized carbons (Fsp3) is 0.421. The third-order valence-electron chi connectivity index (χ3n) is 5.38. The van der Waals surface area contributed by atoms with E-state index >= 15 is 0 Å². The first kappa shape index (κ1) is 21.0. The molecule has 0 aliphatic carbocycles. The highest BCUT2D eigenvalue weighted by molar-refractivity contribution is 6.12. The van der Waals surface area contributed by atoms with Crippen LogP contribution in [0.5, 0.6) is 0 Å². The van der Waals surface area contributed by atoms with E-state index in [0.29, 0.717) is 31.5 Å². The summed E-state index contributed by atoms with van der Waals surface area (Å²) in [5.41, 5.74) is 9.09. The topological polar surface area (TPSA) is 105 Å². The fourth-order valence-corrected chi connectivity index (χ4v) is 3.29. The normalized spacial score (nSPS) is 16.7. The van der Waals surface area contributed by atoms with Gasteiger partial charge in [-0.2, -0.15) is 13.2 Å². The Morgan fingerprint density at radius 3 is 2.48 bits per heavy atom. The van der Waals surface area contributed by atoms with Crippen LogP contribution in [0.15, 0.2) is 24.4 Å². The molecule has 3 rings (SSSR count). The number of nitrogens with zero attached hydrogens (tertiary/aromatic N) is 3. The molecule has 1 aromatic carbocycles. The largest absolute Gasteiger partial charge is 0.419 e. The predicted molar refractivity (Wildman–Crippen MR) is 102 cm³/mol. The van der Waals surface area contributed by atoms with E-state index in [1.54, 1.807) is 0 Å². The highest BCUT2D eigenvalue weighted by Crippen LogP contribution is 2.34. The molecule has 0 amide bonds. The van der Waals surface area contributed by atoms with Crippen molar-refractivity contribution in [1.29, 1.82) is 5.41 Å². The van der Waals surface area contributed by atoms with E-state index in [1.165, 1.54) is 6.20 Å². The number of anilines is 2. The molecule has 1 fully saturated rings. The van der Waals surface area contributed by atoms with Crippen molar-refractivity contribution in [2.75, 3.05) is 30.3 Å². The number of nitrogen functional groups attached to an aromatic ring is 1. The van der Waals surface area contributed by atoms with Crippen molar-refractivity contribution in [3.8, 4) is 0 Å². The summed E-state index contributed by atoms with van der Waals surface area (Å²) < 4.78 is 53.2. The molecule has 0 atom stereocenters. The van der Waals surface area contributed by atoms with Crippen LogP contribution in [-0.2, 0) is 6.18 Å². The van der Waals surface area contributed by atoms with E-state index in [0.717, 1.165) is 25.0 Å². The van der Waals surface area contributed by atoms with Crippen molar-refractivity contribution < 1.29 is 17.6 Å². The van der Waals surface area contributed by atoms with Gasteiger partial charge in [-0.1, -0.05) is 13.0 Å². The fourth-order valence-electron chi connectivity index (χ4n) is 3.29. The molecular formula is C19H22F4N6. The van der Waals surface area contributed by atoms with Gasteiger partial charge in [-0.3, -0.25) is 5.41 Å². The summed E-state index contributed by atoms with van der Waals surface area (Å²) in [4.78, 5) is 10.3. The van der Waals surface area contributed by atoms with Crippen LogP contribution in [0.3, 0.4) is 0 Å². The van der Waals surface area contributed by atoms with Gasteiger partial charge in [-0.25, -0.2) is 14.4 Å². The molecule has 29 heavy (non-hydrogen) atoms. The summed E-state index contributed by atoms with van der Waals surface area (Å²) in [5, 5.41) is 8.13. The van der Waals surface area contributed by atoms with Crippen LogP contribution in [0.2, 0.25) is 0 Å². The maximum Gasteiger partial charge on any atom is 0.419 e. The average Bonchev–Trinajstić information content (AvgIpc) is 2.67. The van der Waals surface area contributed by atoms with Gasteiger partial charge in [0.15, 0.2) is 5.82 Å². The molecule has 1 saturated heterocycles. The molecule has 2 heterocycles. The Hall–Kier alpha value is -2.75. The smallest absolute Gasteiger partial charge is 0.382 e. The molecule has 0 spiro atoms. The van der Waals surface area contributed by atoms with Gasteiger partial charge in [0, 0.05) is 18.7 Å². The third kappa shape index (κ3) is 4.16. The Morgan fingerprint density at radius 1 is 1.28 bits per heavy atom. The number of nitrogens with one attached hydrogen (secondary N) is 1. The minimum absolute atomic E-state index is 0.0680. The number of aromatic nitrogens is 2. The summed E-state index contributed by atoms with van der Waals surface area (Å²) in [5.74, 6) is -1.17. The van der Waals surface area contributed by atoms with E-state index < -0.39 is 28.8 Å². The minimum atomic E-state index is -4.87. The van der Waals surface area contributed by atoms with E-state index in [9.17, 15) is 17.6 Å². The van der Waals surface area contributed by atoms with Gasteiger partial charge in [0.2, 0.25) is 0 Å². The van der Waals surface area contributed by atoms with Crippen molar-refractivity contribution in [2.24, 2.45) is 11.1 Å². The zero-order chi connectivity index (χ0) is 21.4. The number of nitrogens with two attached hydrogens (primary N) is 2. The average molecular weight is 410 g/mol. The van der Waals surface area contributed by atoms with Crippen LogP contribution >= 0.6 is 0 Å². The number of halogens is 4. The van der Waals surface area contributed by atoms with Gasteiger partial charge < -0.3 is 16.4 Å². The number of hydrogen-bond acceptors (Lipinski definition) is 6. The van der Waals surface area contributed by atoms with Crippen molar-refractivity contribution in [2.45, 2.75) is 25.9 Å². The Morgan fingerprint density at radius 2 is 1.93 bits per heavy atom. The van der Waals surface area contributed by atoms with E-state index in [1.807, 2.05) is 4.90 Å². The summed E-state index contributed by atoms with van der Waals surface area (Å²) in [6, 6.07) is 2.74. The predicted octanol–water partition coefficient (Wildman–Crippen LogP) is 3.20. The first-order chi connectivity index (χ1) is 13.6. The second kappa shape index (κ2) is 7.58. The maximum atomic E-state index is 14.3. The van der Waals surface area contributed by atoms with Crippen LogP contribution < -0.4 is 16.4 Å². The highest BCUT2D eigenvalue weighted by Gasteiger charge is 2.36. The summed E-state index contributed by atoms with van der Waals surface area (Å²) in [6.07, 6.45) is -1.72. The molecule has 5 N–H and O–H groups in total. The Balaban J connectivity index is 1.86. The minimum Gasteiger partial charge on any atom is -0.382 e. The molecule has 0 radical (unpaired) electrons. The monoisotopic (exact) mass is 410 g/mol. The van der Waals surface area contributed by atoms with Crippen LogP contribution in [0.1, 0.15) is 36.6 Å². The summed E-state index contributed by atoms with van der Waals surface area (Å²) >= 11 is 0. The number of alkyl halides is 3. The quantitative estimate of drug-likeness (QED) is 0.530. The van der Waals surface area contributed by atoms with Crippen molar-refractivity contribution in [3.63, 3.8) is 0 Å². The SMILES string of the molecule is CC1(CN)CCN(c2cnc(C(=N)c3cccc(C(F)(F)F)c3F)c(N)n2)CC1. The molecule has 0 bridgehead atoms. The Kier molecular flexibility index (Phi) is 5.48. The van der Waals surface area contributed by atoms with Crippen molar-refractivity contribution in [3.05, 3.63) is 47.0 Å². The zero-order valence-corrected chi connectivity index (χ0v) is 15.9. The van der Waals surface area contributed by atoms with Gasteiger partial charge >= 0.3 is 6.18 Å². The zero-order valence-electron chi connectivity index (χ0n) is 15.9. The number of rotatable bonds is 4. The lowest BCUT2D eigenvalue weighted by Gasteiger charge is -2.39. The molecule has 1 aliphatic rings. The number of benzene rings is 1. The van der Waals surface area contributed by atoms with E-state index in [4.69, 9.17) is 16.9 Å². The maximum absolute atomic E-state index is 14.3. The Labute approximate surface area is 165 Å². The van der Waals surface area contributed by atoms with Gasteiger partial charge in [0.25, 0.3) is 0 Å². The highest BCUT2D eigenvalue weighted by atomic mass is 19.4. The van der Waals surface area contributed by atoms with E-state index in [2.05, 4.69) is 16.9 Å². The second-order valence-corrected chi connectivity index (χ2v) is 7.50. The second-order valence-electron chi connectivity index (χ2n) is 7.50. The standard InChI is InChI=1S/C19H22F4N6/c1-18(10-24)5-7-29(8-6-18)13-9-27-16(17(26)28-13)15(25)11-3-2-4-12(14(11)20)19(21,22)23/h2-4,9,25H,5-8,10,24H2,1H3,(H2,26,28). The molecule has 1 aromatic heterocycles.